The highest BCUT2D eigenvalue weighted by atomic mass is 32.2. The number of H-pyrrole nitrogens is 1. The summed E-state index contributed by atoms with van der Waals surface area (Å²) in [5.41, 5.74) is 3.47. The molecule has 27 heavy (non-hydrogen) atoms. The summed E-state index contributed by atoms with van der Waals surface area (Å²) in [5.74, 6) is 1.22. The zero-order chi connectivity index (χ0) is 18.9. The van der Waals surface area contributed by atoms with Gasteiger partial charge in [-0.3, -0.25) is 0 Å². The molecule has 0 atom stereocenters. The van der Waals surface area contributed by atoms with Crippen molar-refractivity contribution in [1.29, 1.82) is 0 Å². The van der Waals surface area contributed by atoms with E-state index in [-0.39, 0.29) is 0 Å². The van der Waals surface area contributed by atoms with E-state index in [1.807, 2.05) is 42.5 Å². The van der Waals surface area contributed by atoms with Gasteiger partial charge >= 0.3 is 0 Å². The summed E-state index contributed by atoms with van der Waals surface area (Å²) in [6, 6.07) is 16.3. The Morgan fingerprint density at radius 1 is 1.11 bits per heavy atom. The Hall–Kier alpha value is -2.31. The Labute approximate surface area is 160 Å². The number of piperidine rings is 1. The average molecular weight is 385 g/mol. The van der Waals surface area contributed by atoms with Gasteiger partial charge in [0.05, 0.1) is 6.26 Å². The molecule has 2 heterocycles. The molecule has 0 saturated carbocycles. The highest BCUT2D eigenvalue weighted by Crippen LogP contribution is 2.35. The molecule has 1 aliphatic rings. The zero-order valence-electron chi connectivity index (χ0n) is 15.4. The lowest BCUT2D eigenvalue weighted by Crippen LogP contribution is -2.37. The summed E-state index contributed by atoms with van der Waals surface area (Å²) in [5, 5.41) is 1.19. The third kappa shape index (κ3) is 4.01. The topological polar surface area (TPSA) is 62.4 Å². The molecule has 1 aliphatic heterocycles. The van der Waals surface area contributed by atoms with Gasteiger partial charge in [0.2, 0.25) is 10.0 Å². The molecule has 1 N–H and O–H groups in total. The standard InChI is InChI=1S/C21H24N2O3S/c1-27(24,25)23-11-9-17(10-12-23)20-14-22-21-13-18(7-8-19(20)21)26-15-16-5-3-2-4-6-16/h2-8,13-14,17,22H,9-12,15H2,1H3. The number of hydrogen-bond donors (Lipinski definition) is 1. The maximum Gasteiger partial charge on any atom is 0.211 e. The fourth-order valence-electron chi connectivity index (χ4n) is 3.79. The number of nitrogens with one attached hydrogen (secondary N) is 1. The van der Waals surface area contributed by atoms with Gasteiger partial charge in [0, 0.05) is 36.3 Å². The molecular formula is C21H24N2O3S. The molecule has 1 fully saturated rings. The molecule has 1 aromatic heterocycles. The van der Waals surface area contributed by atoms with Gasteiger partial charge in [-0.1, -0.05) is 30.3 Å². The lowest BCUT2D eigenvalue weighted by Gasteiger charge is -2.30. The lowest BCUT2D eigenvalue weighted by atomic mass is 9.90. The van der Waals surface area contributed by atoms with Gasteiger partial charge in [0.1, 0.15) is 12.4 Å². The van der Waals surface area contributed by atoms with Crippen molar-refractivity contribution in [3.63, 3.8) is 0 Å². The predicted molar refractivity (Wildman–Crippen MR) is 107 cm³/mol. The Bertz CT molecular complexity index is 1020. The first-order chi connectivity index (χ1) is 13.0. The predicted octanol–water partition coefficient (Wildman–Crippen LogP) is 3.89. The van der Waals surface area contributed by atoms with E-state index in [2.05, 4.69) is 17.2 Å². The number of sulfonamides is 1. The summed E-state index contributed by atoms with van der Waals surface area (Å²) >= 11 is 0. The third-order valence-electron chi connectivity index (χ3n) is 5.30. The molecule has 0 bridgehead atoms. The quantitative estimate of drug-likeness (QED) is 0.726. The highest BCUT2D eigenvalue weighted by molar-refractivity contribution is 7.88. The van der Waals surface area contributed by atoms with Gasteiger partial charge in [-0.25, -0.2) is 12.7 Å². The summed E-state index contributed by atoms with van der Waals surface area (Å²) in [6.45, 7) is 1.73. The van der Waals surface area contributed by atoms with Gasteiger partial charge in [-0.15, -0.1) is 0 Å². The van der Waals surface area contributed by atoms with Crippen molar-refractivity contribution in [1.82, 2.24) is 9.29 Å². The number of hydrogen-bond acceptors (Lipinski definition) is 3. The summed E-state index contributed by atoms with van der Waals surface area (Å²) < 4.78 is 30.9. The summed E-state index contributed by atoms with van der Waals surface area (Å²) in [7, 11) is -3.09. The smallest absolute Gasteiger partial charge is 0.211 e. The first-order valence-corrected chi connectivity index (χ1v) is 11.1. The second-order valence-corrected chi connectivity index (χ2v) is 9.14. The van der Waals surface area contributed by atoms with E-state index in [0.29, 0.717) is 25.6 Å². The van der Waals surface area contributed by atoms with Crippen LogP contribution < -0.4 is 4.74 Å². The zero-order valence-corrected chi connectivity index (χ0v) is 16.2. The summed E-state index contributed by atoms with van der Waals surface area (Å²) in [6.07, 6.45) is 5.06. The van der Waals surface area contributed by atoms with Crippen LogP contribution in [-0.2, 0) is 16.6 Å². The number of aromatic amines is 1. The van der Waals surface area contributed by atoms with Crippen molar-refractivity contribution in [3.8, 4) is 5.75 Å². The first kappa shape index (κ1) is 18.1. The summed E-state index contributed by atoms with van der Waals surface area (Å²) in [4.78, 5) is 3.35. The van der Waals surface area contributed by atoms with Crippen LogP contribution in [0.4, 0.5) is 0 Å². The van der Waals surface area contributed by atoms with Gasteiger partial charge in [0.15, 0.2) is 0 Å². The van der Waals surface area contributed by atoms with E-state index in [4.69, 9.17) is 4.74 Å². The van der Waals surface area contributed by atoms with E-state index < -0.39 is 10.0 Å². The molecule has 5 nitrogen and oxygen atoms in total. The van der Waals surface area contributed by atoms with E-state index in [1.54, 1.807) is 4.31 Å². The minimum atomic E-state index is -3.09. The van der Waals surface area contributed by atoms with Crippen molar-refractivity contribution < 1.29 is 13.2 Å². The van der Waals surface area contributed by atoms with E-state index in [9.17, 15) is 8.42 Å². The number of ether oxygens (including phenoxy) is 1. The molecule has 0 unspecified atom stereocenters. The van der Waals surface area contributed by atoms with Crippen molar-refractivity contribution >= 4 is 20.9 Å². The Balaban J connectivity index is 1.47. The fraction of sp³-hybridized carbons (Fsp3) is 0.333. The van der Waals surface area contributed by atoms with E-state index in [1.165, 1.54) is 17.2 Å². The maximum atomic E-state index is 11.7. The van der Waals surface area contributed by atoms with E-state index >= 15 is 0 Å². The van der Waals surface area contributed by atoms with Gasteiger partial charge in [-0.05, 0) is 42.0 Å². The van der Waals surface area contributed by atoms with Crippen LogP contribution in [0.25, 0.3) is 10.9 Å². The molecule has 0 radical (unpaired) electrons. The van der Waals surface area contributed by atoms with Crippen molar-refractivity contribution in [2.45, 2.75) is 25.4 Å². The van der Waals surface area contributed by atoms with Crippen LogP contribution in [-0.4, -0.2) is 37.1 Å². The number of rotatable bonds is 5. The van der Waals surface area contributed by atoms with Crippen LogP contribution in [0.5, 0.6) is 5.75 Å². The van der Waals surface area contributed by atoms with Gasteiger partial charge in [0.25, 0.3) is 0 Å². The lowest BCUT2D eigenvalue weighted by molar-refractivity contribution is 0.306. The average Bonchev–Trinajstić information content (AvgIpc) is 3.10. The number of benzene rings is 2. The van der Waals surface area contributed by atoms with Crippen molar-refractivity contribution in [2.24, 2.45) is 0 Å². The Morgan fingerprint density at radius 3 is 2.56 bits per heavy atom. The molecule has 6 heteroatoms. The van der Waals surface area contributed by atoms with Crippen LogP contribution in [0.1, 0.15) is 29.9 Å². The fourth-order valence-corrected chi connectivity index (χ4v) is 4.67. The third-order valence-corrected chi connectivity index (χ3v) is 6.60. The molecule has 0 spiro atoms. The monoisotopic (exact) mass is 384 g/mol. The maximum absolute atomic E-state index is 11.7. The van der Waals surface area contributed by atoms with Gasteiger partial charge < -0.3 is 9.72 Å². The minimum Gasteiger partial charge on any atom is -0.489 e. The highest BCUT2D eigenvalue weighted by Gasteiger charge is 2.27. The molecule has 0 aliphatic carbocycles. The largest absolute Gasteiger partial charge is 0.489 e. The second-order valence-electron chi connectivity index (χ2n) is 7.16. The Morgan fingerprint density at radius 2 is 1.85 bits per heavy atom. The van der Waals surface area contributed by atoms with Crippen molar-refractivity contribution in [2.75, 3.05) is 19.3 Å². The molecule has 0 amide bonds. The number of aromatic nitrogens is 1. The molecule has 1 saturated heterocycles. The molecule has 3 aromatic rings. The van der Waals surface area contributed by atoms with Crippen LogP contribution in [0.15, 0.2) is 54.7 Å². The Kier molecular flexibility index (Phi) is 4.93. The van der Waals surface area contributed by atoms with Crippen molar-refractivity contribution in [3.05, 3.63) is 65.9 Å². The van der Waals surface area contributed by atoms with E-state index in [0.717, 1.165) is 29.7 Å². The van der Waals surface area contributed by atoms with Crippen LogP contribution in [0.2, 0.25) is 0 Å². The SMILES string of the molecule is CS(=O)(=O)N1CCC(c2c[nH]c3cc(OCc4ccccc4)ccc23)CC1. The second kappa shape index (κ2) is 7.37. The molecule has 4 rings (SSSR count). The number of nitrogens with zero attached hydrogens (tertiary/aromatic N) is 1. The first-order valence-electron chi connectivity index (χ1n) is 9.23. The minimum absolute atomic E-state index is 0.382. The van der Waals surface area contributed by atoms with Gasteiger partial charge in [-0.2, -0.15) is 0 Å². The van der Waals surface area contributed by atoms with Crippen LogP contribution in [0, 0.1) is 0 Å². The number of fused-ring (bicyclic) bond motifs is 1. The molecular weight excluding hydrogens is 360 g/mol. The van der Waals surface area contributed by atoms with Crippen LogP contribution in [0.3, 0.4) is 0 Å². The molecule has 142 valence electrons. The normalized spacial score (nSPS) is 16.6. The van der Waals surface area contributed by atoms with Crippen LogP contribution >= 0.6 is 0 Å². The molecule has 2 aromatic carbocycles.